The number of hydrogen-bond acceptors (Lipinski definition) is 4. The molecule has 0 fully saturated rings. The minimum atomic E-state index is -4.42. The molecule has 4 nitrogen and oxygen atoms in total. The minimum Gasteiger partial charge on any atom is -0.399 e. The van der Waals surface area contributed by atoms with Gasteiger partial charge in [0.25, 0.3) is 0 Å². The summed E-state index contributed by atoms with van der Waals surface area (Å²) in [6.07, 6.45) is -2.91. The second kappa shape index (κ2) is 6.68. The Labute approximate surface area is 132 Å². The van der Waals surface area contributed by atoms with Gasteiger partial charge >= 0.3 is 6.18 Å². The average molecular weight is 323 g/mol. The highest BCUT2D eigenvalue weighted by Gasteiger charge is 2.32. The lowest BCUT2D eigenvalue weighted by atomic mass is 10.1. The van der Waals surface area contributed by atoms with Crippen molar-refractivity contribution in [3.63, 3.8) is 0 Å². The van der Waals surface area contributed by atoms with Crippen LogP contribution in [0.5, 0.6) is 0 Å². The van der Waals surface area contributed by atoms with Crippen molar-refractivity contribution < 1.29 is 18.0 Å². The number of rotatable bonds is 4. The Kier molecular flexibility index (Phi) is 4.88. The molecule has 2 rings (SSSR count). The Hall–Kier alpha value is -2.57. The lowest BCUT2D eigenvalue weighted by Gasteiger charge is -2.16. The minimum absolute atomic E-state index is 0.250. The molecular weight excluding hydrogens is 307 g/mol. The fourth-order valence-electron chi connectivity index (χ4n) is 1.91. The van der Waals surface area contributed by atoms with Crippen LogP contribution in [0.25, 0.3) is 11.3 Å². The van der Waals surface area contributed by atoms with E-state index in [0.717, 1.165) is 17.7 Å². The average Bonchev–Trinajstić information content (AvgIpc) is 2.52. The zero-order valence-corrected chi connectivity index (χ0v) is 12.9. The Morgan fingerprint density at radius 2 is 1.78 bits per heavy atom. The lowest BCUT2D eigenvalue weighted by molar-refractivity contribution is -0.137. The van der Waals surface area contributed by atoms with E-state index in [2.05, 4.69) is 15.0 Å². The van der Waals surface area contributed by atoms with Crippen LogP contribution in [0.15, 0.2) is 41.6 Å². The van der Waals surface area contributed by atoms with Crippen molar-refractivity contribution in [3.05, 3.63) is 47.5 Å². The molecule has 2 aromatic rings. The van der Waals surface area contributed by atoms with E-state index in [1.54, 1.807) is 43.3 Å². The number of oxime groups is 1. The van der Waals surface area contributed by atoms with Gasteiger partial charge in [0.2, 0.25) is 0 Å². The first-order chi connectivity index (χ1) is 10.8. The molecule has 0 aliphatic carbocycles. The normalized spacial score (nSPS) is 11.7. The molecule has 122 valence electrons. The summed E-state index contributed by atoms with van der Waals surface area (Å²) in [5.74, 6) is 0.250. The molecule has 0 radical (unpaired) electrons. The van der Waals surface area contributed by atoms with Gasteiger partial charge < -0.3 is 9.74 Å². The number of halogens is 3. The van der Waals surface area contributed by atoms with Crippen molar-refractivity contribution in [3.8, 4) is 11.3 Å². The highest BCUT2D eigenvalue weighted by molar-refractivity contribution is 5.80. The number of hydrogen-bond donors (Lipinski definition) is 0. The second-order valence-corrected chi connectivity index (χ2v) is 5.03. The maximum atomic E-state index is 13.1. The Morgan fingerprint density at radius 1 is 1.13 bits per heavy atom. The van der Waals surface area contributed by atoms with Crippen LogP contribution in [-0.4, -0.2) is 32.4 Å². The quantitative estimate of drug-likeness (QED) is 0.634. The van der Waals surface area contributed by atoms with Gasteiger partial charge in [0.15, 0.2) is 0 Å². The van der Waals surface area contributed by atoms with E-state index in [4.69, 9.17) is 0 Å². The highest BCUT2D eigenvalue weighted by atomic mass is 19.4. The summed E-state index contributed by atoms with van der Waals surface area (Å²) in [6.45, 7) is 0. The van der Waals surface area contributed by atoms with Gasteiger partial charge in [-0.1, -0.05) is 29.4 Å². The third kappa shape index (κ3) is 4.21. The Balaban J connectivity index is 2.45. The number of nitrogens with zero attached hydrogens (tertiary/aromatic N) is 3. The third-order valence-electron chi connectivity index (χ3n) is 3.11. The first kappa shape index (κ1) is 16.8. The molecule has 0 saturated carbocycles. The van der Waals surface area contributed by atoms with Gasteiger partial charge in [-0.05, 0) is 17.7 Å². The van der Waals surface area contributed by atoms with Crippen molar-refractivity contribution in [2.24, 2.45) is 5.16 Å². The SMILES string of the molecule is CO/N=C\c1ccc(-c2cc(C(F)(F)F)cc(N(C)C)n2)cc1. The predicted molar refractivity (Wildman–Crippen MR) is 83.6 cm³/mol. The molecule has 0 aliphatic heterocycles. The molecule has 1 aromatic carbocycles. The Bertz CT molecular complexity index is 695. The summed E-state index contributed by atoms with van der Waals surface area (Å²) in [4.78, 5) is 10.4. The topological polar surface area (TPSA) is 37.7 Å². The van der Waals surface area contributed by atoms with Crippen LogP contribution in [0.4, 0.5) is 19.0 Å². The van der Waals surface area contributed by atoms with Gasteiger partial charge in [0, 0.05) is 19.7 Å². The zero-order chi connectivity index (χ0) is 17.0. The summed E-state index contributed by atoms with van der Waals surface area (Å²) in [6, 6.07) is 8.93. The molecule has 0 atom stereocenters. The smallest absolute Gasteiger partial charge is 0.399 e. The second-order valence-electron chi connectivity index (χ2n) is 5.03. The summed E-state index contributed by atoms with van der Waals surface area (Å²) in [7, 11) is 4.73. The van der Waals surface area contributed by atoms with Gasteiger partial charge in [-0.3, -0.25) is 0 Å². The third-order valence-corrected chi connectivity index (χ3v) is 3.11. The van der Waals surface area contributed by atoms with Crippen LogP contribution < -0.4 is 4.90 Å². The molecule has 23 heavy (non-hydrogen) atoms. The number of alkyl halides is 3. The van der Waals surface area contributed by atoms with Crippen molar-refractivity contribution in [2.75, 3.05) is 26.1 Å². The van der Waals surface area contributed by atoms with Crippen molar-refractivity contribution in [1.29, 1.82) is 0 Å². The molecule has 7 heteroatoms. The van der Waals surface area contributed by atoms with E-state index in [0.29, 0.717) is 5.56 Å². The Morgan fingerprint density at radius 3 is 2.30 bits per heavy atom. The molecule has 1 heterocycles. The zero-order valence-electron chi connectivity index (χ0n) is 12.9. The standard InChI is InChI=1S/C16H16F3N3O/c1-22(2)15-9-13(16(17,18)19)8-14(21-15)12-6-4-11(5-7-12)10-20-23-3/h4-10H,1-3H3/b20-10-. The molecule has 0 N–H and O–H groups in total. The summed E-state index contributed by atoms with van der Waals surface area (Å²) in [5, 5.41) is 3.63. The van der Waals surface area contributed by atoms with Crippen molar-refractivity contribution in [2.45, 2.75) is 6.18 Å². The van der Waals surface area contributed by atoms with Gasteiger partial charge in [-0.15, -0.1) is 0 Å². The van der Waals surface area contributed by atoms with Gasteiger partial charge in [-0.25, -0.2) is 4.98 Å². The van der Waals surface area contributed by atoms with E-state index in [-0.39, 0.29) is 11.5 Å². The molecule has 0 bridgehead atoms. The monoisotopic (exact) mass is 323 g/mol. The first-order valence-electron chi connectivity index (χ1n) is 6.75. The molecule has 1 aromatic heterocycles. The lowest BCUT2D eigenvalue weighted by Crippen LogP contribution is -2.14. The van der Waals surface area contributed by atoms with Crippen molar-refractivity contribution in [1.82, 2.24) is 4.98 Å². The van der Waals surface area contributed by atoms with Gasteiger partial charge in [0.1, 0.15) is 12.9 Å². The van der Waals surface area contributed by atoms with Crippen LogP contribution in [0, 0.1) is 0 Å². The van der Waals surface area contributed by atoms with E-state index in [1.165, 1.54) is 13.3 Å². The molecule has 0 unspecified atom stereocenters. The molecule has 0 aliphatic rings. The number of benzene rings is 1. The van der Waals surface area contributed by atoms with E-state index in [1.807, 2.05) is 0 Å². The fourth-order valence-corrected chi connectivity index (χ4v) is 1.91. The predicted octanol–water partition coefficient (Wildman–Crippen LogP) is 3.81. The summed E-state index contributed by atoms with van der Waals surface area (Å²) >= 11 is 0. The maximum absolute atomic E-state index is 13.1. The van der Waals surface area contributed by atoms with Crippen molar-refractivity contribution >= 4 is 12.0 Å². The van der Waals surface area contributed by atoms with E-state index in [9.17, 15) is 13.2 Å². The molecule has 0 spiro atoms. The van der Waals surface area contributed by atoms with E-state index < -0.39 is 11.7 Å². The van der Waals surface area contributed by atoms with Gasteiger partial charge in [-0.2, -0.15) is 13.2 Å². The number of pyridine rings is 1. The van der Waals surface area contributed by atoms with Crippen LogP contribution in [0.1, 0.15) is 11.1 Å². The number of aromatic nitrogens is 1. The molecule has 0 saturated heterocycles. The van der Waals surface area contributed by atoms with Crippen LogP contribution in [0.3, 0.4) is 0 Å². The summed E-state index contributed by atoms with van der Waals surface area (Å²) < 4.78 is 39.2. The van der Waals surface area contributed by atoms with Gasteiger partial charge in [0.05, 0.1) is 17.5 Å². The number of anilines is 1. The summed E-state index contributed by atoms with van der Waals surface area (Å²) in [5.41, 5.74) is 0.902. The van der Waals surface area contributed by atoms with E-state index >= 15 is 0 Å². The van der Waals surface area contributed by atoms with Crippen LogP contribution >= 0.6 is 0 Å². The van der Waals surface area contributed by atoms with Crippen LogP contribution in [-0.2, 0) is 11.0 Å². The molecular formula is C16H16F3N3O. The first-order valence-corrected chi connectivity index (χ1v) is 6.75. The maximum Gasteiger partial charge on any atom is 0.416 e. The fraction of sp³-hybridized carbons (Fsp3) is 0.250. The highest BCUT2D eigenvalue weighted by Crippen LogP contribution is 2.33. The van der Waals surface area contributed by atoms with Crippen LogP contribution in [0.2, 0.25) is 0 Å². The largest absolute Gasteiger partial charge is 0.416 e. The molecule has 0 amide bonds.